The molecule has 0 aliphatic carbocycles. The summed E-state index contributed by atoms with van der Waals surface area (Å²) in [6.07, 6.45) is 5.01. The molecule has 1 aromatic carbocycles. The molecule has 1 amide bonds. The highest BCUT2D eigenvalue weighted by Gasteiger charge is 2.36. The van der Waals surface area contributed by atoms with E-state index in [-0.39, 0.29) is 17.2 Å². The van der Waals surface area contributed by atoms with Gasteiger partial charge >= 0.3 is 0 Å². The highest BCUT2D eigenvalue weighted by molar-refractivity contribution is 8.27. The van der Waals surface area contributed by atoms with Crippen LogP contribution in [0.1, 0.15) is 22.5 Å². The smallest absolute Gasteiger partial charge is 0.283 e. The SMILES string of the molecule is Cc1cc(C=C2C(=N)N3N=C(c4cccnc4)SC3=NC2=O)c(C)n1-c1ccc(F)cc1. The number of hydrazone groups is 1. The highest BCUT2D eigenvalue weighted by Crippen LogP contribution is 2.31. The molecule has 0 saturated heterocycles. The van der Waals surface area contributed by atoms with Crippen LogP contribution in [0, 0.1) is 25.1 Å². The maximum absolute atomic E-state index is 13.3. The Morgan fingerprint density at radius 3 is 2.66 bits per heavy atom. The molecule has 0 fully saturated rings. The molecule has 0 saturated carbocycles. The summed E-state index contributed by atoms with van der Waals surface area (Å²) in [5.74, 6) is -0.816. The fourth-order valence-corrected chi connectivity index (χ4v) is 4.56. The molecule has 5 rings (SSSR count). The number of amides is 1. The summed E-state index contributed by atoms with van der Waals surface area (Å²) in [6, 6.07) is 11.8. The van der Waals surface area contributed by atoms with Crippen LogP contribution in [0.2, 0.25) is 0 Å². The minimum atomic E-state index is -0.483. The van der Waals surface area contributed by atoms with Gasteiger partial charge in [0.15, 0.2) is 5.84 Å². The van der Waals surface area contributed by atoms with Crippen molar-refractivity contribution >= 4 is 39.8 Å². The van der Waals surface area contributed by atoms with Crippen molar-refractivity contribution in [3.63, 3.8) is 0 Å². The number of nitrogens with one attached hydrogen (secondary N) is 1. The monoisotopic (exact) mass is 444 g/mol. The van der Waals surface area contributed by atoms with E-state index in [0.717, 1.165) is 28.2 Å². The van der Waals surface area contributed by atoms with Gasteiger partial charge in [-0.3, -0.25) is 15.2 Å². The van der Waals surface area contributed by atoms with Crippen LogP contribution in [0.25, 0.3) is 11.8 Å². The molecule has 2 aromatic heterocycles. The maximum Gasteiger partial charge on any atom is 0.283 e. The first-order valence-electron chi connectivity index (χ1n) is 9.78. The van der Waals surface area contributed by atoms with Gasteiger partial charge in [-0.15, -0.1) is 0 Å². The Labute approximate surface area is 187 Å². The fraction of sp³-hybridized carbons (Fsp3) is 0.0870. The summed E-state index contributed by atoms with van der Waals surface area (Å²) in [4.78, 5) is 21.0. The molecular weight excluding hydrogens is 427 g/mol. The van der Waals surface area contributed by atoms with E-state index in [4.69, 9.17) is 5.41 Å². The highest BCUT2D eigenvalue weighted by atomic mass is 32.2. The number of hydrogen-bond donors (Lipinski definition) is 1. The molecule has 1 N–H and O–H groups in total. The topological polar surface area (TPSA) is 86.7 Å². The lowest BCUT2D eigenvalue weighted by molar-refractivity contribution is -0.114. The number of halogens is 1. The van der Waals surface area contributed by atoms with Crippen molar-refractivity contribution in [1.29, 1.82) is 5.41 Å². The maximum atomic E-state index is 13.3. The number of carbonyl (C=O) groups excluding carboxylic acids is 1. The second kappa shape index (κ2) is 7.69. The van der Waals surface area contributed by atoms with Crippen molar-refractivity contribution in [2.45, 2.75) is 13.8 Å². The number of fused-ring (bicyclic) bond motifs is 1. The fourth-order valence-electron chi connectivity index (χ4n) is 3.67. The van der Waals surface area contributed by atoms with Crippen LogP contribution in [-0.2, 0) is 4.79 Å². The van der Waals surface area contributed by atoms with E-state index in [9.17, 15) is 9.18 Å². The number of amidine groups is 2. The van der Waals surface area contributed by atoms with Crippen molar-refractivity contribution in [2.75, 3.05) is 0 Å². The Kier molecular flexibility index (Phi) is 4.82. The van der Waals surface area contributed by atoms with E-state index in [0.29, 0.717) is 10.2 Å². The number of aryl methyl sites for hydroxylation is 1. The first-order chi connectivity index (χ1) is 15.4. The van der Waals surface area contributed by atoms with E-state index < -0.39 is 5.91 Å². The molecular formula is C23H17FN6OS. The third kappa shape index (κ3) is 3.36. The molecule has 0 bridgehead atoms. The van der Waals surface area contributed by atoms with Crippen LogP contribution < -0.4 is 0 Å². The summed E-state index contributed by atoms with van der Waals surface area (Å²) < 4.78 is 15.3. The quantitative estimate of drug-likeness (QED) is 0.611. The third-order valence-corrected chi connectivity index (χ3v) is 6.18. The van der Waals surface area contributed by atoms with Crippen LogP contribution in [0.4, 0.5) is 4.39 Å². The van der Waals surface area contributed by atoms with Gasteiger partial charge in [-0.25, -0.2) is 4.39 Å². The third-order valence-electron chi connectivity index (χ3n) is 5.22. The second-order valence-corrected chi connectivity index (χ2v) is 8.26. The molecule has 4 heterocycles. The summed E-state index contributed by atoms with van der Waals surface area (Å²) in [7, 11) is 0. The van der Waals surface area contributed by atoms with Crippen LogP contribution in [-0.4, -0.2) is 36.5 Å². The molecule has 0 unspecified atom stereocenters. The first kappa shape index (κ1) is 20.1. The van der Waals surface area contributed by atoms with Crippen LogP contribution in [0.5, 0.6) is 0 Å². The normalized spacial score (nSPS) is 17.0. The largest absolute Gasteiger partial charge is 0.318 e. The molecule has 158 valence electrons. The average Bonchev–Trinajstić information content (AvgIpc) is 3.33. The first-order valence-corrected chi connectivity index (χ1v) is 10.6. The van der Waals surface area contributed by atoms with Gasteiger partial charge in [-0.05, 0) is 79.7 Å². The Morgan fingerprint density at radius 2 is 1.94 bits per heavy atom. The lowest BCUT2D eigenvalue weighted by Crippen LogP contribution is -2.35. The summed E-state index contributed by atoms with van der Waals surface area (Å²) in [5, 5.41) is 15.4. The zero-order valence-corrected chi connectivity index (χ0v) is 18.0. The molecule has 0 radical (unpaired) electrons. The van der Waals surface area contributed by atoms with Gasteiger partial charge < -0.3 is 4.57 Å². The van der Waals surface area contributed by atoms with Crippen LogP contribution in [0.15, 0.2) is 70.5 Å². The lowest BCUT2D eigenvalue weighted by atomic mass is 10.1. The van der Waals surface area contributed by atoms with E-state index in [1.54, 1.807) is 36.7 Å². The van der Waals surface area contributed by atoms with E-state index >= 15 is 0 Å². The van der Waals surface area contributed by atoms with Gasteiger partial charge in [0.2, 0.25) is 5.17 Å². The molecule has 7 nitrogen and oxygen atoms in total. The van der Waals surface area contributed by atoms with Gasteiger partial charge in [0.25, 0.3) is 5.91 Å². The minimum Gasteiger partial charge on any atom is -0.318 e. The van der Waals surface area contributed by atoms with E-state index in [1.165, 1.54) is 28.9 Å². The minimum absolute atomic E-state index is 0.0297. The molecule has 0 atom stereocenters. The summed E-state index contributed by atoms with van der Waals surface area (Å²) >= 11 is 1.23. The number of pyridine rings is 1. The molecule has 32 heavy (non-hydrogen) atoms. The van der Waals surface area contributed by atoms with Gasteiger partial charge in [-0.2, -0.15) is 15.1 Å². The second-order valence-electron chi connectivity index (χ2n) is 7.31. The van der Waals surface area contributed by atoms with E-state index in [2.05, 4.69) is 15.1 Å². The van der Waals surface area contributed by atoms with Gasteiger partial charge in [-0.1, -0.05) is 0 Å². The van der Waals surface area contributed by atoms with Crippen molar-refractivity contribution in [2.24, 2.45) is 10.1 Å². The number of nitrogens with zero attached hydrogens (tertiary/aromatic N) is 5. The Bertz CT molecular complexity index is 1360. The molecule has 3 aromatic rings. The molecule has 2 aliphatic heterocycles. The van der Waals surface area contributed by atoms with Crippen LogP contribution >= 0.6 is 11.8 Å². The summed E-state index contributed by atoms with van der Waals surface area (Å²) in [5.41, 5.74) is 4.34. The van der Waals surface area contributed by atoms with Gasteiger partial charge in [0.05, 0.1) is 5.57 Å². The Morgan fingerprint density at radius 1 is 1.16 bits per heavy atom. The standard InChI is InChI=1S/C23H17FN6OS/c1-13-10-16(14(2)29(13)18-7-5-17(24)6-8-18)11-19-20(25)30-23(27-21(19)31)32-22(28-30)15-4-3-9-26-12-15/h3-12,25H,1-2H3. The summed E-state index contributed by atoms with van der Waals surface area (Å²) in [6.45, 7) is 3.85. The lowest BCUT2D eigenvalue weighted by Gasteiger charge is -2.20. The van der Waals surface area contributed by atoms with Gasteiger partial charge in [0, 0.05) is 35.0 Å². The van der Waals surface area contributed by atoms with E-state index in [1.807, 2.05) is 30.5 Å². The van der Waals surface area contributed by atoms with Crippen LogP contribution in [0.3, 0.4) is 0 Å². The number of hydrogen-bond acceptors (Lipinski definition) is 5. The predicted molar refractivity (Wildman–Crippen MR) is 124 cm³/mol. The Hall–Kier alpha value is -3.85. The zero-order valence-electron chi connectivity index (χ0n) is 17.2. The number of benzene rings is 1. The van der Waals surface area contributed by atoms with Crippen molar-refractivity contribution in [3.8, 4) is 5.69 Å². The number of rotatable bonds is 3. The average molecular weight is 444 g/mol. The van der Waals surface area contributed by atoms with Crippen molar-refractivity contribution < 1.29 is 9.18 Å². The number of thioether (sulfide) groups is 1. The van der Waals surface area contributed by atoms with Crippen molar-refractivity contribution in [1.82, 2.24) is 14.6 Å². The molecule has 0 spiro atoms. The zero-order chi connectivity index (χ0) is 22.4. The van der Waals surface area contributed by atoms with Gasteiger partial charge in [0.1, 0.15) is 10.9 Å². The molecule has 9 heteroatoms. The number of carbonyl (C=O) groups is 1. The number of aliphatic imine (C=N–C) groups is 1. The predicted octanol–water partition coefficient (Wildman–Crippen LogP) is 4.30. The molecule has 2 aliphatic rings. The Balaban J connectivity index is 1.51. The number of aromatic nitrogens is 2. The van der Waals surface area contributed by atoms with Crippen molar-refractivity contribution in [3.05, 3.63) is 88.8 Å².